The van der Waals surface area contributed by atoms with Gasteiger partial charge in [0.2, 0.25) is 0 Å². The van der Waals surface area contributed by atoms with Crippen molar-refractivity contribution in [3.63, 3.8) is 0 Å². The Bertz CT molecular complexity index is 361. The first-order valence-electron chi connectivity index (χ1n) is 4.74. The van der Waals surface area contributed by atoms with Crippen molar-refractivity contribution in [2.75, 3.05) is 0 Å². The maximum atomic E-state index is 10.5. The highest BCUT2D eigenvalue weighted by atomic mass is 79.9. The summed E-state index contributed by atoms with van der Waals surface area (Å²) < 4.78 is 1.36. The van der Waals surface area contributed by atoms with Gasteiger partial charge in [-0.3, -0.25) is 4.79 Å². The molecule has 2 unspecified atom stereocenters. The van der Waals surface area contributed by atoms with E-state index in [-0.39, 0.29) is 12.3 Å². The lowest BCUT2D eigenvalue weighted by Gasteiger charge is -2.13. The molecule has 2 atom stereocenters. The maximum Gasteiger partial charge on any atom is 0.303 e. The second-order valence-corrected chi connectivity index (χ2v) is 6.27. The molecule has 0 aliphatic heterocycles. The molecule has 1 heterocycles. The molecule has 0 radical (unpaired) electrons. The van der Waals surface area contributed by atoms with Crippen molar-refractivity contribution in [2.45, 2.75) is 25.9 Å². The van der Waals surface area contributed by atoms with E-state index in [9.17, 15) is 9.90 Å². The SMILES string of the molecule is CC(CC(=O)O)CC(O)c1cc(Br)c(Cl)s1. The van der Waals surface area contributed by atoms with Crippen molar-refractivity contribution in [2.24, 2.45) is 5.92 Å². The molecule has 90 valence electrons. The van der Waals surface area contributed by atoms with Gasteiger partial charge in [0.15, 0.2) is 0 Å². The number of aliphatic carboxylic acids is 1. The number of aliphatic hydroxyl groups excluding tert-OH is 1. The van der Waals surface area contributed by atoms with Crippen molar-refractivity contribution >= 4 is 44.8 Å². The maximum absolute atomic E-state index is 10.5. The van der Waals surface area contributed by atoms with E-state index in [2.05, 4.69) is 15.9 Å². The minimum atomic E-state index is -0.843. The Morgan fingerprint density at radius 2 is 2.31 bits per heavy atom. The lowest BCUT2D eigenvalue weighted by atomic mass is 9.99. The van der Waals surface area contributed by atoms with Gasteiger partial charge in [-0.1, -0.05) is 18.5 Å². The monoisotopic (exact) mass is 326 g/mol. The first-order chi connectivity index (χ1) is 7.40. The van der Waals surface area contributed by atoms with Crippen LogP contribution >= 0.6 is 38.9 Å². The lowest BCUT2D eigenvalue weighted by molar-refractivity contribution is -0.138. The number of carboxylic acids is 1. The molecule has 0 spiro atoms. The molecule has 6 heteroatoms. The van der Waals surface area contributed by atoms with Crippen LogP contribution in [0.1, 0.15) is 30.7 Å². The zero-order chi connectivity index (χ0) is 12.3. The third kappa shape index (κ3) is 4.05. The zero-order valence-electron chi connectivity index (χ0n) is 8.61. The minimum Gasteiger partial charge on any atom is -0.481 e. The molecule has 0 amide bonds. The van der Waals surface area contributed by atoms with Crippen LogP contribution in [0.25, 0.3) is 0 Å². The van der Waals surface area contributed by atoms with Crippen molar-refractivity contribution < 1.29 is 15.0 Å². The first kappa shape index (κ1) is 14.0. The normalized spacial score (nSPS) is 14.8. The van der Waals surface area contributed by atoms with Crippen LogP contribution in [0.3, 0.4) is 0 Å². The van der Waals surface area contributed by atoms with Crippen LogP contribution in [0.15, 0.2) is 10.5 Å². The van der Waals surface area contributed by atoms with Gasteiger partial charge >= 0.3 is 5.97 Å². The molecule has 0 aliphatic carbocycles. The summed E-state index contributed by atoms with van der Waals surface area (Å²) in [6, 6.07) is 1.77. The van der Waals surface area contributed by atoms with Gasteiger partial charge in [0.1, 0.15) is 4.34 Å². The topological polar surface area (TPSA) is 57.5 Å². The summed E-state index contributed by atoms with van der Waals surface area (Å²) in [5.41, 5.74) is 0. The second kappa shape index (κ2) is 6.00. The summed E-state index contributed by atoms with van der Waals surface area (Å²) in [5.74, 6) is -0.905. The molecule has 0 saturated carbocycles. The van der Waals surface area contributed by atoms with E-state index in [1.807, 2.05) is 6.92 Å². The van der Waals surface area contributed by atoms with E-state index in [4.69, 9.17) is 16.7 Å². The van der Waals surface area contributed by atoms with Crippen LogP contribution in [0.5, 0.6) is 0 Å². The summed E-state index contributed by atoms with van der Waals surface area (Å²) in [6.07, 6.45) is -0.157. The van der Waals surface area contributed by atoms with Crippen molar-refractivity contribution in [3.05, 3.63) is 19.8 Å². The fourth-order valence-corrected chi connectivity index (χ4v) is 3.14. The third-order valence-corrected chi connectivity index (χ3v) is 4.72. The highest BCUT2D eigenvalue weighted by Crippen LogP contribution is 2.37. The quantitative estimate of drug-likeness (QED) is 0.867. The number of halogens is 2. The Kier molecular flexibility index (Phi) is 5.24. The average Bonchev–Trinajstić information content (AvgIpc) is 2.45. The van der Waals surface area contributed by atoms with Crippen LogP contribution in [0, 0.1) is 5.92 Å². The second-order valence-electron chi connectivity index (χ2n) is 3.72. The summed E-state index contributed by atoms with van der Waals surface area (Å²) >= 11 is 10.4. The van der Waals surface area contributed by atoms with Gasteiger partial charge < -0.3 is 10.2 Å². The van der Waals surface area contributed by atoms with Crippen LogP contribution < -0.4 is 0 Å². The van der Waals surface area contributed by atoms with E-state index < -0.39 is 12.1 Å². The molecule has 1 rings (SSSR count). The molecule has 0 aromatic carbocycles. The van der Waals surface area contributed by atoms with Gasteiger partial charge in [0.05, 0.1) is 6.10 Å². The molecule has 2 N–H and O–H groups in total. The number of thiophene rings is 1. The number of carboxylic acid groups (broad SMARTS) is 1. The van der Waals surface area contributed by atoms with Crippen molar-refractivity contribution in [3.8, 4) is 0 Å². The molecule has 16 heavy (non-hydrogen) atoms. The molecule has 0 bridgehead atoms. The summed E-state index contributed by atoms with van der Waals surface area (Å²) in [5, 5.41) is 18.5. The molecular weight excluding hydrogens is 316 g/mol. The highest BCUT2D eigenvalue weighted by Gasteiger charge is 2.17. The summed E-state index contributed by atoms with van der Waals surface area (Å²) in [4.78, 5) is 11.2. The Morgan fingerprint density at radius 1 is 1.69 bits per heavy atom. The van der Waals surface area contributed by atoms with E-state index in [0.717, 1.165) is 9.35 Å². The summed E-state index contributed by atoms with van der Waals surface area (Å²) in [7, 11) is 0. The van der Waals surface area contributed by atoms with Crippen LogP contribution in [0.2, 0.25) is 4.34 Å². The van der Waals surface area contributed by atoms with E-state index in [0.29, 0.717) is 10.8 Å². The molecule has 0 saturated heterocycles. The smallest absolute Gasteiger partial charge is 0.303 e. The molecular formula is C10H12BrClO3S. The van der Waals surface area contributed by atoms with E-state index in [1.165, 1.54) is 11.3 Å². The first-order valence-corrected chi connectivity index (χ1v) is 6.73. The van der Waals surface area contributed by atoms with E-state index in [1.54, 1.807) is 6.07 Å². The largest absolute Gasteiger partial charge is 0.481 e. The summed E-state index contributed by atoms with van der Waals surface area (Å²) in [6.45, 7) is 1.81. The number of carbonyl (C=O) groups is 1. The number of hydrogen-bond acceptors (Lipinski definition) is 3. The predicted octanol–water partition coefficient (Wildman–Crippen LogP) is 3.70. The average molecular weight is 328 g/mol. The number of hydrogen-bond donors (Lipinski definition) is 2. The van der Waals surface area contributed by atoms with Gasteiger partial charge in [0, 0.05) is 15.8 Å². The van der Waals surface area contributed by atoms with E-state index >= 15 is 0 Å². The van der Waals surface area contributed by atoms with Crippen LogP contribution in [-0.4, -0.2) is 16.2 Å². The van der Waals surface area contributed by atoms with Crippen molar-refractivity contribution in [1.29, 1.82) is 0 Å². The lowest BCUT2D eigenvalue weighted by Crippen LogP contribution is -2.08. The fraction of sp³-hybridized carbons (Fsp3) is 0.500. The van der Waals surface area contributed by atoms with Gasteiger partial charge in [0.25, 0.3) is 0 Å². The third-order valence-electron chi connectivity index (χ3n) is 2.14. The van der Waals surface area contributed by atoms with Gasteiger partial charge in [-0.05, 0) is 34.3 Å². The molecule has 1 aromatic heterocycles. The minimum absolute atomic E-state index is 0.0628. The molecule has 0 aliphatic rings. The Hall–Kier alpha value is -0.100. The Labute approximate surface area is 111 Å². The van der Waals surface area contributed by atoms with Crippen LogP contribution in [-0.2, 0) is 4.79 Å². The number of aliphatic hydroxyl groups is 1. The predicted molar refractivity (Wildman–Crippen MR) is 68.0 cm³/mol. The van der Waals surface area contributed by atoms with Gasteiger partial charge in [-0.15, -0.1) is 11.3 Å². The molecule has 0 fully saturated rings. The van der Waals surface area contributed by atoms with Crippen molar-refractivity contribution in [1.82, 2.24) is 0 Å². The molecule has 3 nitrogen and oxygen atoms in total. The van der Waals surface area contributed by atoms with Crippen LogP contribution in [0.4, 0.5) is 0 Å². The zero-order valence-corrected chi connectivity index (χ0v) is 11.8. The molecule has 1 aromatic rings. The Balaban J connectivity index is 2.58. The Morgan fingerprint density at radius 3 is 2.75 bits per heavy atom. The van der Waals surface area contributed by atoms with Gasteiger partial charge in [-0.2, -0.15) is 0 Å². The standard InChI is InChI=1S/C10H12BrClO3S/c1-5(3-9(14)15)2-7(13)8-4-6(11)10(12)16-8/h4-5,7,13H,2-3H2,1H3,(H,14,15). The van der Waals surface area contributed by atoms with Gasteiger partial charge in [-0.25, -0.2) is 0 Å². The highest BCUT2D eigenvalue weighted by molar-refractivity contribution is 9.10. The fourth-order valence-electron chi connectivity index (χ4n) is 1.41. The number of rotatable bonds is 5.